The van der Waals surface area contributed by atoms with Gasteiger partial charge >= 0.3 is 0 Å². The molecule has 2 nitrogen and oxygen atoms in total. The molecule has 1 atom stereocenters. The average Bonchev–Trinajstić information content (AvgIpc) is 1.88. The number of terminal acetylenes is 1. The largest absolute Gasteiger partial charge is 0.343 e. The van der Waals surface area contributed by atoms with E-state index in [0.29, 0.717) is 11.8 Å². The summed E-state index contributed by atoms with van der Waals surface area (Å²) >= 11 is 3.15. The van der Waals surface area contributed by atoms with Gasteiger partial charge in [0.1, 0.15) is 0 Å². The van der Waals surface area contributed by atoms with E-state index in [2.05, 4.69) is 27.2 Å². The third kappa shape index (κ3) is 4.39. The second-order valence-corrected chi connectivity index (χ2v) is 2.69. The molecule has 0 fully saturated rings. The van der Waals surface area contributed by atoms with Crippen LogP contribution >= 0.6 is 15.9 Å². The molecule has 0 aromatic heterocycles. The van der Waals surface area contributed by atoms with Crippen molar-refractivity contribution in [2.75, 3.05) is 5.33 Å². The summed E-state index contributed by atoms with van der Waals surface area (Å²) in [5, 5.41) is 3.30. The molecule has 0 saturated carbocycles. The molecule has 0 aliphatic rings. The maximum Gasteiger partial charge on any atom is 0.221 e. The van der Waals surface area contributed by atoms with Gasteiger partial charge in [-0.1, -0.05) is 21.9 Å². The Morgan fingerprint density at radius 3 is 2.90 bits per heavy atom. The zero-order valence-corrected chi connectivity index (χ0v) is 7.44. The van der Waals surface area contributed by atoms with Crippen molar-refractivity contribution < 1.29 is 4.79 Å². The van der Waals surface area contributed by atoms with Gasteiger partial charge in [0.05, 0.1) is 6.04 Å². The van der Waals surface area contributed by atoms with Gasteiger partial charge < -0.3 is 5.32 Å². The highest BCUT2D eigenvalue weighted by Crippen LogP contribution is 1.88. The predicted octanol–water partition coefficient (Wildman–Crippen LogP) is 0.909. The van der Waals surface area contributed by atoms with Crippen molar-refractivity contribution in [2.45, 2.75) is 19.4 Å². The van der Waals surface area contributed by atoms with Crippen LogP contribution in [0, 0.1) is 12.3 Å². The molecule has 0 aliphatic carbocycles. The summed E-state index contributed by atoms with van der Waals surface area (Å²) in [5.74, 6) is 2.40. The number of alkyl halides is 1. The lowest BCUT2D eigenvalue weighted by atomic mass is 10.3. The lowest BCUT2D eigenvalue weighted by molar-refractivity contribution is -0.120. The normalized spacial score (nSPS) is 11.7. The number of carbonyl (C=O) groups excluding carboxylic acids is 1. The molecule has 0 bridgehead atoms. The Labute approximate surface area is 69.5 Å². The van der Waals surface area contributed by atoms with Crippen LogP contribution in [0.25, 0.3) is 0 Å². The lowest BCUT2D eigenvalue weighted by Crippen LogP contribution is -2.31. The maximum atomic E-state index is 10.8. The fraction of sp³-hybridized carbons (Fsp3) is 0.571. The lowest BCUT2D eigenvalue weighted by Gasteiger charge is -2.04. The number of carbonyl (C=O) groups is 1. The van der Waals surface area contributed by atoms with Crippen molar-refractivity contribution in [1.29, 1.82) is 0 Å². The number of hydrogen-bond acceptors (Lipinski definition) is 1. The van der Waals surface area contributed by atoms with Gasteiger partial charge in [-0.25, -0.2) is 0 Å². The summed E-state index contributed by atoms with van der Waals surface area (Å²) in [4.78, 5) is 10.8. The molecule has 1 unspecified atom stereocenters. The minimum Gasteiger partial charge on any atom is -0.343 e. The molecule has 0 aromatic rings. The first kappa shape index (κ1) is 9.51. The number of amides is 1. The van der Waals surface area contributed by atoms with E-state index in [1.54, 1.807) is 6.92 Å². The molecule has 56 valence electrons. The molecular formula is C7H10BrNO. The third-order valence-electron chi connectivity index (χ3n) is 0.949. The first-order valence-electron chi connectivity index (χ1n) is 3.02. The average molecular weight is 204 g/mol. The molecular weight excluding hydrogens is 194 g/mol. The molecule has 0 rings (SSSR count). The Morgan fingerprint density at radius 1 is 1.90 bits per heavy atom. The molecule has 1 amide bonds. The summed E-state index contributed by atoms with van der Waals surface area (Å²) in [7, 11) is 0. The third-order valence-corrected chi connectivity index (χ3v) is 1.35. The van der Waals surface area contributed by atoms with Crippen LogP contribution in [-0.4, -0.2) is 17.3 Å². The monoisotopic (exact) mass is 203 g/mol. The van der Waals surface area contributed by atoms with E-state index in [9.17, 15) is 4.79 Å². The molecule has 0 heterocycles. The second kappa shape index (κ2) is 5.31. The SMILES string of the molecule is C#CC(C)NC(=O)CCBr. The van der Waals surface area contributed by atoms with Crippen molar-refractivity contribution in [3.63, 3.8) is 0 Å². The Bertz CT molecular complexity index is 150. The van der Waals surface area contributed by atoms with Crippen LogP contribution in [0.2, 0.25) is 0 Å². The van der Waals surface area contributed by atoms with Crippen molar-refractivity contribution >= 4 is 21.8 Å². The van der Waals surface area contributed by atoms with Crippen molar-refractivity contribution in [3.05, 3.63) is 0 Å². The standard InChI is InChI=1S/C7H10BrNO/c1-3-6(2)9-7(10)4-5-8/h1,6H,4-5H2,2H3,(H,9,10). The molecule has 0 radical (unpaired) electrons. The van der Waals surface area contributed by atoms with Crippen molar-refractivity contribution in [3.8, 4) is 12.3 Å². The van der Waals surface area contributed by atoms with Gasteiger partial charge in [0, 0.05) is 11.8 Å². The summed E-state index contributed by atoms with van der Waals surface area (Å²) < 4.78 is 0. The summed E-state index contributed by atoms with van der Waals surface area (Å²) in [6, 6.07) is -0.161. The highest BCUT2D eigenvalue weighted by molar-refractivity contribution is 9.09. The van der Waals surface area contributed by atoms with Gasteiger partial charge in [0.25, 0.3) is 0 Å². The van der Waals surface area contributed by atoms with Crippen LogP contribution in [0.5, 0.6) is 0 Å². The smallest absolute Gasteiger partial charge is 0.221 e. The Morgan fingerprint density at radius 2 is 2.50 bits per heavy atom. The quantitative estimate of drug-likeness (QED) is 0.537. The first-order chi connectivity index (χ1) is 4.70. The minimum atomic E-state index is -0.161. The minimum absolute atomic E-state index is 0.0117. The van der Waals surface area contributed by atoms with E-state index in [0.717, 1.165) is 0 Å². The van der Waals surface area contributed by atoms with Gasteiger partial charge in [0.2, 0.25) is 5.91 Å². The molecule has 0 spiro atoms. The number of nitrogens with one attached hydrogen (secondary N) is 1. The zero-order chi connectivity index (χ0) is 7.98. The van der Waals surface area contributed by atoms with Crippen molar-refractivity contribution in [1.82, 2.24) is 5.32 Å². The predicted molar refractivity (Wildman–Crippen MR) is 44.8 cm³/mol. The van der Waals surface area contributed by atoms with Crippen LogP contribution in [0.3, 0.4) is 0 Å². The molecule has 3 heteroatoms. The summed E-state index contributed by atoms with van der Waals surface area (Å²) in [6.45, 7) is 1.77. The fourth-order valence-electron chi connectivity index (χ4n) is 0.441. The molecule has 1 N–H and O–H groups in total. The van der Waals surface area contributed by atoms with Crippen LogP contribution in [0.4, 0.5) is 0 Å². The Balaban J connectivity index is 3.49. The van der Waals surface area contributed by atoms with E-state index in [1.165, 1.54) is 0 Å². The second-order valence-electron chi connectivity index (χ2n) is 1.89. The highest BCUT2D eigenvalue weighted by atomic mass is 79.9. The van der Waals surface area contributed by atoms with E-state index in [4.69, 9.17) is 6.42 Å². The van der Waals surface area contributed by atoms with Gasteiger partial charge in [-0.2, -0.15) is 0 Å². The van der Waals surface area contributed by atoms with Gasteiger partial charge in [0.15, 0.2) is 0 Å². The number of halogens is 1. The molecule has 0 saturated heterocycles. The topological polar surface area (TPSA) is 29.1 Å². The summed E-state index contributed by atoms with van der Waals surface area (Å²) in [6.07, 6.45) is 5.52. The van der Waals surface area contributed by atoms with Crippen LogP contribution in [0.15, 0.2) is 0 Å². The number of hydrogen-bond donors (Lipinski definition) is 1. The molecule has 0 aliphatic heterocycles. The highest BCUT2D eigenvalue weighted by Gasteiger charge is 2.01. The van der Waals surface area contributed by atoms with Gasteiger partial charge in [-0.3, -0.25) is 4.79 Å². The van der Waals surface area contributed by atoms with E-state index < -0.39 is 0 Å². The van der Waals surface area contributed by atoms with Gasteiger partial charge in [-0.15, -0.1) is 6.42 Å². The van der Waals surface area contributed by atoms with E-state index in [1.807, 2.05) is 0 Å². The van der Waals surface area contributed by atoms with Crippen molar-refractivity contribution in [2.24, 2.45) is 0 Å². The van der Waals surface area contributed by atoms with E-state index >= 15 is 0 Å². The van der Waals surface area contributed by atoms with Crippen LogP contribution in [0.1, 0.15) is 13.3 Å². The molecule has 10 heavy (non-hydrogen) atoms. The Kier molecular flexibility index (Phi) is 5.05. The fourth-order valence-corrected chi connectivity index (χ4v) is 0.801. The first-order valence-corrected chi connectivity index (χ1v) is 4.14. The van der Waals surface area contributed by atoms with E-state index in [-0.39, 0.29) is 11.9 Å². The maximum absolute atomic E-state index is 10.8. The zero-order valence-electron chi connectivity index (χ0n) is 5.86. The molecule has 0 aromatic carbocycles. The van der Waals surface area contributed by atoms with Crippen LogP contribution < -0.4 is 5.32 Å². The summed E-state index contributed by atoms with van der Waals surface area (Å²) in [5.41, 5.74) is 0. The van der Waals surface area contributed by atoms with Crippen LogP contribution in [-0.2, 0) is 4.79 Å². The Hall–Kier alpha value is -0.490. The van der Waals surface area contributed by atoms with Gasteiger partial charge in [-0.05, 0) is 6.92 Å². The number of rotatable bonds is 3.